The highest BCUT2D eigenvalue weighted by molar-refractivity contribution is 5.74. The predicted octanol–water partition coefficient (Wildman–Crippen LogP) is 2.22. The molecule has 1 rings (SSSR count). The third-order valence-corrected chi connectivity index (χ3v) is 3.29. The van der Waals surface area contributed by atoms with Crippen molar-refractivity contribution < 1.29 is 14.3 Å². The molecule has 0 bridgehead atoms. The molecule has 0 fully saturated rings. The minimum Gasteiger partial charge on any atom is -0.466 e. The van der Waals surface area contributed by atoms with E-state index in [4.69, 9.17) is 4.42 Å². The molecule has 3 N–H and O–H groups in total. The maximum Gasteiger partial charge on any atom is 0.315 e. The summed E-state index contributed by atoms with van der Waals surface area (Å²) in [5, 5.41) is 15.7. The summed E-state index contributed by atoms with van der Waals surface area (Å²) in [6, 6.07) is 3.11. The van der Waals surface area contributed by atoms with Crippen LogP contribution in [0.25, 0.3) is 0 Å². The number of nitrogens with one attached hydrogen (secondary N) is 2. The van der Waals surface area contributed by atoms with Crippen LogP contribution >= 0.6 is 0 Å². The van der Waals surface area contributed by atoms with Crippen LogP contribution in [0, 0.1) is 5.41 Å². The van der Waals surface area contributed by atoms with E-state index in [0.717, 1.165) is 0 Å². The molecule has 0 unspecified atom stereocenters. The maximum atomic E-state index is 11.8. The third-order valence-electron chi connectivity index (χ3n) is 3.29. The van der Waals surface area contributed by atoms with Gasteiger partial charge in [-0.25, -0.2) is 4.79 Å². The molecule has 0 radical (unpaired) electrons. The molecule has 2 atom stereocenters. The van der Waals surface area contributed by atoms with Crippen molar-refractivity contribution in [2.24, 2.45) is 5.41 Å². The van der Waals surface area contributed by atoms with E-state index >= 15 is 0 Å². The first kappa shape index (κ1) is 15.6. The quantitative estimate of drug-likeness (QED) is 0.784. The Bertz CT molecular complexity index is 405. The van der Waals surface area contributed by atoms with Crippen LogP contribution in [0.3, 0.4) is 0 Å². The molecule has 2 amide bonds. The number of amides is 2. The Kier molecular flexibility index (Phi) is 4.63. The van der Waals surface area contributed by atoms with Crippen molar-refractivity contribution in [3.05, 3.63) is 24.2 Å². The van der Waals surface area contributed by atoms with Crippen molar-refractivity contribution in [3.8, 4) is 0 Å². The molecule has 0 aromatic carbocycles. The van der Waals surface area contributed by atoms with Crippen molar-refractivity contribution in [1.29, 1.82) is 0 Å². The van der Waals surface area contributed by atoms with Gasteiger partial charge < -0.3 is 20.2 Å². The number of hydrogen-bond donors (Lipinski definition) is 3. The van der Waals surface area contributed by atoms with Crippen molar-refractivity contribution in [3.63, 3.8) is 0 Å². The zero-order valence-corrected chi connectivity index (χ0v) is 12.3. The summed E-state index contributed by atoms with van der Waals surface area (Å²) in [7, 11) is 0. The van der Waals surface area contributed by atoms with Gasteiger partial charge in [-0.2, -0.15) is 0 Å². The highest BCUT2D eigenvalue weighted by Gasteiger charge is 2.27. The Morgan fingerprint density at radius 3 is 2.53 bits per heavy atom. The monoisotopic (exact) mass is 268 g/mol. The van der Waals surface area contributed by atoms with Gasteiger partial charge in [-0.15, -0.1) is 0 Å². The Morgan fingerprint density at radius 1 is 1.42 bits per heavy atom. The highest BCUT2D eigenvalue weighted by atomic mass is 16.4. The fourth-order valence-electron chi connectivity index (χ4n) is 1.39. The predicted molar refractivity (Wildman–Crippen MR) is 73.7 cm³/mol. The van der Waals surface area contributed by atoms with Crippen LogP contribution in [0.5, 0.6) is 0 Å². The number of hydrogen-bond acceptors (Lipinski definition) is 3. The van der Waals surface area contributed by atoms with Crippen LogP contribution < -0.4 is 10.6 Å². The summed E-state index contributed by atoms with van der Waals surface area (Å²) in [6.07, 6.45) is 1.49. The highest BCUT2D eigenvalue weighted by Crippen LogP contribution is 2.20. The summed E-state index contributed by atoms with van der Waals surface area (Å²) in [6.45, 7) is 9.79. The lowest BCUT2D eigenvalue weighted by Gasteiger charge is -2.29. The van der Waals surface area contributed by atoms with Gasteiger partial charge in [0.15, 0.2) is 0 Å². The first-order valence-electron chi connectivity index (χ1n) is 6.43. The molecule has 0 aliphatic heterocycles. The molecule has 108 valence electrons. The zero-order chi connectivity index (χ0) is 14.7. The largest absolute Gasteiger partial charge is 0.466 e. The molecule has 19 heavy (non-hydrogen) atoms. The van der Waals surface area contributed by atoms with E-state index in [-0.39, 0.29) is 24.0 Å². The Morgan fingerprint density at radius 2 is 2.05 bits per heavy atom. The van der Waals surface area contributed by atoms with Gasteiger partial charge in [0.1, 0.15) is 11.4 Å². The topological polar surface area (TPSA) is 74.5 Å². The molecule has 5 heteroatoms. The van der Waals surface area contributed by atoms with Crippen molar-refractivity contribution in [1.82, 2.24) is 10.6 Å². The second-order valence-electron chi connectivity index (χ2n) is 6.17. The van der Waals surface area contributed by atoms with Crippen molar-refractivity contribution >= 4 is 6.03 Å². The van der Waals surface area contributed by atoms with Crippen LogP contribution in [-0.4, -0.2) is 23.7 Å². The van der Waals surface area contributed by atoms with Crippen LogP contribution in [0.15, 0.2) is 22.8 Å². The number of carbonyl (C=O) groups is 1. The fourth-order valence-corrected chi connectivity index (χ4v) is 1.39. The van der Waals surface area contributed by atoms with E-state index in [1.807, 2.05) is 6.92 Å². The van der Waals surface area contributed by atoms with Crippen LogP contribution in [-0.2, 0) is 5.60 Å². The van der Waals surface area contributed by atoms with E-state index in [2.05, 4.69) is 31.4 Å². The Hall–Kier alpha value is -1.49. The lowest BCUT2D eigenvalue weighted by atomic mass is 9.88. The second kappa shape index (κ2) is 5.65. The molecule has 0 saturated heterocycles. The second-order valence-corrected chi connectivity index (χ2v) is 6.17. The molecule has 0 aliphatic carbocycles. The average Bonchev–Trinajstić information content (AvgIpc) is 2.79. The Labute approximate surface area is 114 Å². The van der Waals surface area contributed by atoms with Gasteiger partial charge in [-0.3, -0.25) is 0 Å². The van der Waals surface area contributed by atoms with Crippen molar-refractivity contribution in [2.75, 3.05) is 6.54 Å². The van der Waals surface area contributed by atoms with Gasteiger partial charge in [-0.05, 0) is 31.4 Å². The van der Waals surface area contributed by atoms with Gasteiger partial charge in [0, 0.05) is 6.04 Å². The fraction of sp³-hybridized carbons (Fsp3) is 0.643. The Balaban J connectivity index is 2.47. The average molecular weight is 268 g/mol. The zero-order valence-electron chi connectivity index (χ0n) is 12.3. The first-order valence-corrected chi connectivity index (χ1v) is 6.43. The van der Waals surface area contributed by atoms with Crippen LogP contribution in [0.4, 0.5) is 4.79 Å². The first-order chi connectivity index (χ1) is 8.63. The molecule has 0 aliphatic rings. The van der Waals surface area contributed by atoms with Gasteiger partial charge in [0.25, 0.3) is 0 Å². The van der Waals surface area contributed by atoms with Gasteiger partial charge in [-0.1, -0.05) is 20.8 Å². The minimum absolute atomic E-state index is 0.0130. The maximum absolute atomic E-state index is 11.8. The lowest BCUT2D eigenvalue weighted by Crippen LogP contribution is -2.49. The molecular formula is C14H24N2O3. The number of rotatable bonds is 4. The van der Waals surface area contributed by atoms with E-state index < -0.39 is 5.60 Å². The number of carbonyl (C=O) groups excluding carboxylic acids is 1. The summed E-state index contributed by atoms with van der Waals surface area (Å²) in [5.74, 6) is 0.427. The van der Waals surface area contributed by atoms with Crippen molar-refractivity contribution in [2.45, 2.75) is 46.3 Å². The number of aliphatic hydroxyl groups is 1. The molecule has 1 aromatic heterocycles. The van der Waals surface area contributed by atoms with Gasteiger partial charge >= 0.3 is 6.03 Å². The van der Waals surface area contributed by atoms with E-state index in [9.17, 15) is 9.90 Å². The molecular weight excluding hydrogens is 244 g/mol. The standard InChI is InChI=1S/C14H24N2O3/c1-10(13(2,3)4)16-12(17)15-9-14(5,18)11-7-6-8-19-11/h6-8,10,18H,9H2,1-5H3,(H2,15,16,17)/t10-,14-/m1/s1. The summed E-state index contributed by atoms with van der Waals surface area (Å²) < 4.78 is 5.14. The molecule has 5 nitrogen and oxygen atoms in total. The van der Waals surface area contributed by atoms with Crippen LogP contribution in [0.2, 0.25) is 0 Å². The SMILES string of the molecule is C[C@@H](NC(=O)NC[C@@](C)(O)c1ccco1)C(C)(C)C. The minimum atomic E-state index is -1.22. The smallest absolute Gasteiger partial charge is 0.315 e. The number of furan rings is 1. The van der Waals surface area contributed by atoms with E-state index in [1.165, 1.54) is 6.26 Å². The third kappa shape index (κ3) is 4.59. The number of urea groups is 1. The van der Waals surface area contributed by atoms with Gasteiger partial charge in [0.05, 0.1) is 12.8 Å². The molecule has 1 heterocycles. The molecule has 0 spiro atoms. The summed E-state index contributed by atoms with van der Waals surface area (Å²) in [5.41, 5.74) is -1.23. The summed E-state index contributed by atoms with van der Waals surface area (Å²) >= 11 is 0. The van der Waals surface area contributed by atoms with Crippen LogP contribution in [0.1, 0.15) is 40.4 Å². The lowest BCUT2D eigenvalue weighted by molar-refractivity contribution is 0.0365. The van der Waals surface area contributed by atoms with E-state index in [0.29, 0.717) is 5.76 Å². The summed E-state index contributed by atoms with van der Waals surface area (Å²) in [4.78, 5) is 11.8. The normalized spacial score (nSPS) is 16.5. The molecule has 0 saturated carbocycles. The molecule has 1 aromatic rings. The van der Waals surface area contributed by atoms with Gasteiger partial charge in [0.2, 0.25) is 0 Å². The van der Waals surface area contributed by atoms with E-state index in [1.54, 1.807) is 19.1 Å².